The van der Waals surface area contributed by atoms with Crippen LogP contribution in [0.1, 0.15) is 45.1 Å². The van der Waals surface area contributed by atoms with Crippen molar-refractivity contribution in [3.8, 4) is 0 Å². The summed E-state index contributed by atoms with van der Waals surface area (Å²) in [5.41, 5.74) is 2.02. The first-order valence-corrected chi connectivity index (χ1v) is 8.22. The van der Waals surface area contributed by atoms with Crippen LogP contribution in [0.5, 0.6) is 0 Å². The topological polar surface area (TPSA) is 35.5 Å². The van der Waals surface area contributed by atoms with Crippen LogP contribution >= 0.6 is 0 Å². The van der Waals surface area contributed by atoms with Gasteiger partial charge in [0.15, 0.2) is 0 Å². The molecule has 2 rings (SSSR count). The maximum atomic E-state index is 10.5. The zero-order valence-electron chi connectivity index (χ0n) is 13.7. The lowest BCUT2D eigenvalue weighted by atomic mass is 10.0. The van der Waals surface area contributed by atoms with Gasteiger partial charge in [0.25, 0.3) is 0 Å². The summed E-state index contributed by atoms with van der Waals surface area (Å²) in [6.45, 7) is 7.15. The van der Waals surface area contributed by atoms with E-state index in [0.717, 1.165) is 45.3 Å². The fraction of sp³-hybridized carbons (Fsp3) is 0.667. The Hall–Kier alpha value is -1.06. The summed E-state index contributed by atoms with van der Waals surface area (Å²) < 4.78 is 0. The van der Waals surface area contributed by atoms with E-state index in [-0.39, 0.29) is 0 Å². The summed E-state index contributed by atoms with van der Waals surface area (Å²) in [6, 6.07) is 8.67. The van der Waals surface area contributed by atoms with Crippen LogP contribution in [0.25, 0.3) is 0 Å². The van der Waals surface area contributed by atoms with Crippen molar-refractivity contribution in [3.05, 3.63) is 29.8 Å². The lowest BCUT2D eigenvalue weighted by Crippen LogP contribution is -2.39. The minimum absolute atomic E-state index is 0.480. The molecular weight excluding hydrogens is 260 g/mol. The van der Waals surface area contributed by atoms with Crippen LogP contribution in [0, 0.1) is 5.92 Å². The molecule has 1 aliphatic rings. The van der Waals surface area contributed by atoms with Crippen molar-refractivity contribution in [2.24, 2.45) is 5.92 Å². The monoisotopic (exact) mass is 290 g/mol. The summed E-state index contributed by atoms with van der Waals surface area (Å²) in [7, 11) is 2.07. The average molecular weight is 290 g/mol. The third kappa shape index (κ3) is 5.01. The van der Waals surface area contributed by atoms with E-state index in [4.69, 9.17) is 0 Å². The van der Waals surface area contributed by atoms with Crippen LogP contribution in [-0.2, 0) is 6.54 Å². The van der Waals surface area contributed by atoms with E-state index in [1.54, 1.807) is 0 Å². The molecule has 0 aliphatic heterocycles. The molecular formula is C18H30N2O. The number of anilines is 1. The smallest absolute Gasteiger partial charge is 0.0821 e. The van der Waals surface area contributed by atoms with Crippen molar-refractivity contribution in [1.82, 2.24) is 5.32 Å². The number of nitrogens with zero attached hydrogens (tertiary/aromatic N) is 1. The van der Waals surface area contributed by atoms with Crippen molar-refractivity contribution in [2.75, 3.05) is 25.0 Å². The molecule has 0 heterocycles. The predicted octanol–water partition coefficient (Wildman–Crippen LogP) is 3.17. The van der Waals surface area contributed by atoms with Gasteiger partial charge in [0.2, 0.25) is 0 Å². The number of nitrogens with one attached hydrogen (secondary N) is 1. The molecule has 118 valence electrons. The molecule has 0 spiro atoms. The molecule has 1 fully saturated rings. The number of aliphatic hydroxyl groups is 1. The Morgan fingerprint density at radius 1 is 1.19 bits per heavy atom. The Kier molecular flexibility index (Phi) is 5.65. The van der Waals surface area contributed by atoms with Crippen LogP contribution < -0.4 is 10.2 Å². The Balaban J connectivity index is 1.86. The van der Waals surface area contributed by atoms with Crippen molar-refractivity contribution < 1.29 is 5.11 Å². The summed E-state index contributed by atoms with van der Waals surface area (Å²) in [5.74, 6) is 0.683. The Labute approximate surface area is 129 Å². The summed E-state index contributed by atoms with van der Waals surface area (Å²) in [6.07, 6.45) is 4.19. The molecule has 1 saturated carbocycles. The van der Waals surface area contributed by atoms with Crippen LogP contribution in [0.3, 0.4) is 0 Å². The number of rotatable bonds is 7. The van der Waals surface area contributed by atoms with Crippen LogP contribution in [-0.4, -0.2) is 30.8 Å². The van der Waals surface area contributed by atoms with Gasteiger partial charge in [-0.15, -0.1) is 0 Å². The van der Waals surface area contributed by atoms with Gasteiger partial charge in [-0.3, -0.25) is 0 Å². The number of hydrogen-bond acceptors (Lipinski definition) is 3. The van der Waals surface area contributed by atoms with Gasteiger partial charge in [0, 0.05) is 25.8 Å². The highest BCUT2D eigenvalue weighted by Gasteiger charge is 2.32. The lowest BCUT2D eigenvalue weighted by molar-refractivity contribution is 0.0559. The van der Waals surface area contributed by atoms with Gasteiger partial charge < -0.3 is 15.3 Å². The molecule has 0 radical (unpaired) electrons. The van der Waals surface area contributed by atoms with E-state index in [0.29, 0.717) is 5.92 Å². The summed E-state index contributed by atoms with van der Waals surface area (Å²) in [5, 5.41) is 14.0. The number of likely N-dealkylation sites (N-methyl/N-ethyl adjacent to an activating group) is 1. The van der Waals surface area contributed by atoms with Gasteiger partial charge in [-0.05, 0) is 43.0 Å². The van der Waals surface area contributed by atoms with Crippen LogP contribution in [0.2, 0.25) is 0 Å². The fourth-order valence-corrected chi connectivity index (χ4v) is 3.10. The maximum Gasteiger partial charge on any atom is 0.0821 e. The molecule has 1 aromatic rings. The minimum atomic E-state index is -0.480. The molecule has 1 aliphatic carbocycles. The average Bonchev–Trinajstić information content (AvgIpc) is 2.85. The second-order valence-corrected chi connectivity index (χ2v) is 6.98. The Morgan fingerprint density at radius 2 is 1.81 bits per heavy atom. The van der Waals surface area contributed by atoms with Crippen molar-refractivity contribution in [3.63, 3.8) is 0 Å². The first kappa shape index (κ1) is 16.3. The van der Waals surface area contributed by atoms with Gasteiger partial charge in [-0.1, -0.05) is 38.8 Å². The standard InChI is InChI=1S/C18H30N2O/c1-15(2)12-19-13-16-6-8-17(9-7-16)20(3)14-18(21)10-4-5-11-18/h6-9,15,19,21H,4-5,10-14H2,1-3H3. The van der Waals surface area contributed by atoms with Gasteiger partial charge in [-0.25, -0.2) is 0 Å². The number of hydrogen-bond donors (Lipinski definition) is 2. The van der Waals surface area contributed by atoms with E-state index in [1.807, 2.05) is 0 Å². The second kappa shape index (κ2) is 7.28. The molecule has 1 aromatic carbocycles. The van der Waals surface area contributed by atoms with Crippen molar-refractivity contribution in [2.45, 2.75) is 51.7 Å². The largest absolute Gasteiger partial charge is 0.388 e. The first-order chi connectivity index (χ1) is 9.98. The summed E-state index contributed by atoms with van der Waals surface area (Å²) in [4.78, 5) is 2.18. The zero-order valence-corrected chi connectivity index (χ0v) is 13.7. The second-order valence-electron chi connectivity index (χ2n) is 6.98. The van der Waals surface area contributed by atoms with E-state index in [2.05, 4.69) is 55.4 Å². The third-order valence-electron chi connectivity index (χ3n) is 4.32. The van der Waals surface area contributed by atoms with Gasteiger partial charge in [0.1, 0.15) is 0 Å². The van der Waals surface area contributed by atoms with E-state index in [9.17, 15) is 5.11 Å². The minimum Gasteiger partial charge on any atom is -0.388 e. The highest BCUT2D eigenvalue weighted by Crippen LogP contribution is 2.31. The Bertz CT molecular complexity index is 421. The molecule has 0 unspecified atom stereocenters. The van der Waals surface area contributed by atoms with Crippen molar-refractivity contribution in [1.29, 1.82) is 0 Å². The van der Waals surface area contributed by atoms with E-state index < -0.39 is 5.60 Å². The molecule has 2 N–H and O–H groups in total. The molecule has 0 aromatic heterocycles. The van der Waals surface area contributed by atoms with Gasteiger partial charge >= 0.3 is 0 Å². The molecule has 3 nitrogen and oxygen atoms in total. The highest BCUT2D eigenvalue weighted by molar-refractivity contribution is 5.47. The third-order valence-corrected chi connectivity index (χ3v) is 4.32. The molecule has 21 heavy (non-hydrogen) atoms. The van der Waals surface area contributed by atoms with Gasteiger partial charge in [0.05, 0.1) is 5.60 Å². The molecule has 0 atom stereocenters. The predicted molar refractivity (Wildman–Crippen MR) is 89.7 cm³/mol. The SMILES string of the molecule is CC(C)CNCc1ccc(N(C)CC2(O)CCCC2)cc1. The molecule has 0 saturated heterocycles. The maximum absolute atomic E-state index is 10.5. The molecule has 0 bridgehead atoms. The lowest BCUT2D eigenvalue weighted by Gasteiger charge is -2.30. The van der Waals surface area contributed by atoms with Crippen LogP contribution in [0.15, 0.2) is 24.3 Å². The normalized spacial score (nSPS) is 17.4. The molecule has 0 amide bonds. The van der Waals surface area contributed by atoms with Crippen LogP contribution in [0.4, 0.5) is 5.69 Å². The van der Waals surface area contributed by atoms with Gasteiger partial charge in [-0.2, -0.15) is 0 Å². The first-order valence-electron chi connectivity index (χ1n) is 8.22. The fourth-order valence-electron chi connectivity index (χ4n) is 3.10. The van der Waals surface area contributed by atoms with E-state index in [1.165, 1.54) is 11.3 Å². The highest BCUT2D eigenvalue weighted by atomic mass is 16.3. The number of benzene rings is 1. The van der Waals surface area contributed by atoms with Crippen molar-refractivity contribution >= 4 is 5.69 Å². The molecule has 3 heteroatoms. The Morgan fingerprint density at radius 3 is 2.38 bits per heavy atom. The quantitative estimate of drug-likeness (QED) is 0.809. The zero-order chi connectivity index (χ0) is 15.3. The summed E-state index contributed by atoms with van der Waals surface area (Å²) >= 11 is 0. The van der Waals surface area contributed by atoms with E-state index >= 15 is 0 Å².